The quantitative estimate of drug-likeness (QED) is 0.271. The minimum absolute atomic E-state index is 0.184. The largest absolute Gasteiger partial charge is 0.497 e. The third-order valence-corrected chi connectivity index (χ3v) is 8.44. The molecule has 1 aromatic carbocycles. The Morgan fingerprint density at radius 3 is 2.59 bits per heavy atom. The van der Waals surface area contributed by atoms with Crippen LogP contribution in [0, 0.1) is 0 Å². The number of methoxy groups -OCH3 is 2. The van der Waals surface area contributed by atoms with Crippen LogP contribution < -0.4 is 24.4 Å². The minimum Gasteiger partial charge on any atom is -0.497 e. The van der Waals surface area contributed by atoms with Gasteiger partial charge in [-0.25, -0.2) is 15.0 Å². The van der Waals surface area contributed by atoms with Crippen molar-refractivity contribution in [1.82, 2.24) is 19.4 Å². The molecule has 4 aromatic rings. The van der Waals surface area contributed by atoms with Crippen molar-refractivity contribution in [2.24, 2.45) is 4.99 Å². The molecule has 212 valence electrons. The van der Waals surface area contributed by atoms with E-state index in [2.05, 4.69) is 9.97 Å². The van der Waals surface area contributed by atoms with Crippen LogP contribution in [-0.4, -0.2) is 52.7 Å². The Kier molecular flexibility index (Phi) is 8.41. The molecule has 3 aromatic heterocycles. The Morgan fingerprint density at radius 2 is 1.90 bits per heavy atom. The van der Waals surface area contributed by atoms with E-state index in [4.69, 9.17) is 18.9 Å². The average molecular weight is 592 g/mol. The molecule has 4 heterocycles. The summed E-state index contributed by atoms with van der Waals surface area (Å²) in [5, 5.41) is 1.15. The molecular weight excluding hydrogens is 562 g/mol. The van der Waals surface area contributed by atoms with Crippen molar-refractivity contribution in [3.8, 4) is 11.5 Å². The predicted octanol–water partition coefficient (Wildman–Crippen LogP) is 3.66. The van der Waals surface area contributed by atoms with Gasteiger partial charge in [-0.1, -0.05) is 11.3 Å². The molecule has 1 aliphatic rings. The Labute approximate surface area is 244 Å². The first kappa shape index (κ1) is 28.4. The van der Waals surface area contributed by atoms with E-state index in [1.807, 2.05) is 13.8 Å². The van der Waals surface area contributed by atoms with E-state index in [0.29, 0.717) is 66.8 Å². The second-order valence-electron chi connectivity index (χ2n) is 8.96. The predicted molar refractivity (Wildman–Crippen MR) is 156 cm³/mol. The van der Waals surface area contributed by atoms with Crippen molar-refractivity contribution >= 4 is 35.1 Å². The molecule has 0 saturated carbocycles. The van der Waals surface area contributed by atoms with Gasteiger partial charge >= 0.3 is 0 Å². The fourth-order valence-electron chi connectivity index (χ4n) is 4.65. The van der Waals surface area contributed by atoms with Crippen LogP contribution >= 0.6 is 23.1 Å². The number of aromatic nitrogens is 3. The van der Waals surface area contributed by atoms with Crippen LogP contribution in [0.25, 0.3) is 6.08 Å². The number of hydrogen-bond donors (Lipinski definition) is 0. The SMILES string of the molecule is CCN(CC)C(=O)C1=C(C)N=c2s/c(=C\c3ccc(Sc4ncccn4)o3)c(=O)n2[C@@H]1c1cc(OC)ccc1OC. The second-order valence-corrected chi connectivity index (χ2v) is 10.9. The highest BCUT2D eigenvalue weighted by molar-refractivity contribution is 7.99. The Bertz CT molecular complexity index is 1790. The van der Waals surface area contributed by atoms with E-state index in [9.17, 15) is 9.59 Å². The van der Waals surface area contributed by atoms with Crippen LogP contribution in [0.5, 0.6) is 11.5 Å². The topological polar surface area (TPSA) is 112 Å². The lowest BCUT2D eigenvalue weighted by Gasteiger charge is -2.30. The fraction of sp³-hybridized carbons (Fsp3) is 0.276. The van der Waals surface area contributed by atoms with E-state index in [0.717, 1.165) is 0 Å². The van der Waals surface area contributed by atoms with Gasteiger partial charge in [0.25, 0.3) is 11.5 Å². The normalized spacial score (nSPS) is 15.0. The summed E-state index contributed by atoms with van der Waals surface area (Å²) in [5.41, 5.74) is 1.30. The van der Waals surface area contributed by atoms with Gasteiger partial charge in [0.15, 0.2) is 15.1 Å². The highest BCUT2D eigenvalue weighted by atomic mass is 32.2. The number of amides is 1. The number of fused-ring (bicyclic) bond motifs is 1. The smallest absolute Gasteiger partial charge is 0.271 e. The summed E-state index contributed by atoms with van der Waals surface area (Å²) in [6, 6.07) is 9.92. The molecular formula is C29H29N5O5S2. The number of carbonyl (C=O) groups excluding carboxylic acids is 1. The van der Waals surface area contributed by atoms with Crippen molar-refractivity contribution in [3.05, 3.63) is 91.1 Å². The molecule has 0 unspecified atom stereocenters. The zero-order valence-electron chi connectivity index (χ0n) is 23.3. The summed E-state index contributed by atoms with van der Waals surface area (Å²) >= 11 is 2.52. The molecule has 0 bridgehead atoms. The van der Waals surface area contributed by atoms with Crippen molar-refractivity contribution in [2.45, 2.75) is 37.1 Å². The monoisotopic (exact) mass is 591 g/mol. The molecule has 41 heavy (non-hydrogen) atoms. The van der Waals surface area contributed by atoms with Crippen LogP contribution in [0.2, 0.25) is 0 Å². The second kappa shape index (κ2) is 12.1. The first-order valence-corrected chi connectivity index (χ1v) is 14.6. The third-order valence-electron chi connectivity index (χ3n) is 6.64. The number of benzene rings is 1. The van der Waals surface area contributed by atoms with Crippen LogP contribution in [0.1, 0.15) is 38.1 Å². The first-order valence-electron chi connectivity index (χ1n) is 13.0. The maximum atomic E-state index is 14.0. The Morgan fingerprint density at radius 1 is 1.15 bits per heavy atom. The van der Waals surface area contributed by atoms with Crippen LogP contribution in [0.3, 0.4) is 0 Å². The van der Waals surface area contributed by atoms with Crippen molar-refractivity contribution < 1.29 is 18.7 Å². The van der Waals surface area contributed by atoms with E-state index in [1.165, 1.54) is 23.1 Å². The van der Waals surface area contributed by atoms with Gasteiger partial charge in [0.2, 0.25) is 0 Å². The highest BCUT2D eigenvalue weighted by Crippen LogP contribution is 2.38. The van der Waals surface area contributed by atoms with Gasteiger partial charge in [-0.3, -0.25) is 14.2 Å². The molecule has 0 radical (unpaired) electrons. The Hall–Kier alpha value is -4.16. The standard InChI is InChI=1S/C29H29N5O5S2/c1-6-33(7-2)27(36)24-17(3)32-29-34(25(24)20-15-18(37-4)9-11-21(20)38-5)26(35)22(40-29)16-19-10-12-23(39-19)41-28-30-13-8-14-31-28/h8-16,25H,6-7H2,1-5H3/b22-16-/t25-/m1/s1. The summed E-state index contributed by atoms with van der Waals surface area (Å²) in [4.78, 5) is 43.2. The number of furan rings is 1. The lowest BCUT2D eigenvalue weighted by molar-refractivity contribution is -0.127. The van der Waals surface area contributed by atoms with Gasteiger partial charge < -0.3 is 18.8 Å². The lowest BCUT2D eigenvalue weighted by Crippen LogP contribution is -2.43. The van der Waals surface area contributed by atoms with Crippen molar-refractivity contribution in [1.29, 1.82) is 0 Å². The average Bonchev–Trinajstić information content (AvgIpc) is 3.55. The molecule has 12 heteroatoms. The van der Waals surface area contributed by atoms with Crippen LogP contribution in [-0.2, 0) is 4.79 Å². The maximum Gasteiger partial charge on any atom is 0.271 e. The summed E-state index contributed by atoms with van der Waals surface area (Å²) in [5.74, 6) is 1.42. The number of nitrogens with zero attached hydrogens (tertiary/aromatic N) is 5. The zero-order chi connectivity index (χ0) is 29.1. The van der Waals surface area contributed by atoms with Gasteiger partial charge in [-0.15, -0.1) is 0 Å². The minimum atomic E-state index is -0.774. The molecule has 1 atom stereocenters. The number of likely N-dealkylation sites (N-methyl/N-ethyl adjacent to an activating group) is 1. The zero-order valence-corrected chi connectivity index (χ0v) is 24.9. The van der Waals surface area contributed by atoms with E-state index >= 15 is 0 Å². The molecule has 1 aliphatic heterocycles. The van der Waals surface area contributed by atoms with E-state index in [1.54, 1.807) is 85.5 Å². The van der Waals surface area contributed by atoms with Crippen molar-refractivity contribution in [2.75, 3.05) is 27.3 Å². The van der Waals surface area contributed by atoms with Gasteiger partial charge in [0.05, 0.1) is 30.0 Å². The number of allylic oxidation sites excluding steroid dienone is 1. The summed E-state index contributed by atoms with van der Waals surface area (Å²) < 4.78 is 19.1. The molecule has 0 aliphatic carbocycles. The molecule has 1 amide bonds. The fourth-order valence-corrected chi connectivity index (χ4v) is 6.36. The summed E-state index contributed by atoms with van der Waals surface area (Å²) in [6.45, 7) is 6.69. The molecule has 5 rings (SSSR count). The first-order chi connectivity index (χ1) is 19.9. The van der Waals surface area contributed by atoms with Gasteiger partial charge in [-0.2, -0.15) is 0 Å². The van der Waals surface area contributed by atoms with Crippen LogP contribution in [0.4, 0.5) is 0 Å². The van der Waals surface area contributed by atoms with Crippen LogP contribution in [0.15, 0.2) is 84.5 Å². The van der Waals surface area contributed by atoms with Gasteiger partial charge in [0.1, 0.15) is 23.3 Å². The van der Waals surface area contributed by atoms with Crippen molar-refractivity contribution in [3.63, 3.8) is 0 Å². The number of hydrogen-bond acceptors (Lipinski definition) is 10. The number of carbonyl (C=O) groups is 1. The Balaban J connectivity index is 1.66. The van der Waals surface area contributed by atoms with Gasteiger partial charge in [0, 0.05) is 37.1 Å². The maximum absolute atomic E-state index is 14.0. The molecule has 10 nitrogen and oxygen atoms in total. The highest BCUT2D eigenvalue weighted by Gasteiger charge is 2.36. The third kappa shape index (κ3) is 5.57. The van der Waals surface area contributed by atoms with Gasteiger partial charge in [-0.05, 0) is 68.9 Å². The number of rotatable bonds is 9. The number of ether oxygens (including phenoxy) is 2. The molecule has 0 saturated heterocycles. The summed E-state index contributed by atoms with van der Waals surface area (Å²) in [6.07, 6.45) is 5.01. The lowest BCUT2D eigenvalue weighted by atomic mass is 9.93. The van der Waals surface area contributed by atoms with E-state index < -0.39 is 6.04 Å². The summed E-state index contributed by atoms with van der Waals surface area (Å²) in [7, 11) is 3.13. The molecule has 0 N–H and O–H groups in total. The number of thiazole rings is 1. The molecule has 0 fully saturated rings. The molecule has 0 spiro atoms. The van der Waals surface area contributed by atoms with E-state index in [-0.39, 0.29) is 11.5 Å².